The van der Waals surface area contributed by atoms with E-state index in [4.69, 9.17) is 5.11 Å². The monoisotopic (exact) mass is 259 g/mol. The van der Waals surface area contributed by atoms with Crippen molar-refractivity contribution >= 4 is 17.6 Å². The molecule has 0 aliphatic rings. The molecule has 3 N–H and O–H groups in total. The van der Waals surface area contributed by atoms with Gasteiger partial charge < -0.3 is 10.4 Å². The van der Waals surface area contributed by atoms with E-state index in [0.29, 0.717) is 22.6 Å². The van der Waals surface area contributed by atoms with E-state index < -0.39 is 5.97 Å². The molecule has 1 amide bonds. The van der Waals surface area contributed by atoms with Crippen molar-refractivity contribution < 1.29 is 14.7 Å². The van der Waals surface area contributed by atoms with Gasteiger partial charge >= 0.3 is 5.97 Å². The molecular formula is C13H13N3O3. The Morgan fingerprint density at radius 2 is 2.05 bits per heavy atom. The summed E-state index contributed by atoms with van der Waals surface area (Å²) < 4.78 is 0. The molecule has 19 heavy (non-hydrogen) atoms. The summed E-state index contributed by atoms with van der Waals surface area (Å²) in [4.78, 5) is 22.9. The zero-order valence-corrected chi connectivity index (χ0v) is 10.5. The second kappa shape index (κ2) is 4.93. The zero-order valence-electron chi connectivity index (χ0n) is 10.5. The Bertz CT molecular complexity index is 627. The summed E-state index contributed by atoms with van der Waals surface area (Å²) in [5.74, 6) is -1.35. The highest BCUT2D eigenvalue weighted by molar-refractivity contribution is 6.06. The number of carbonyl (C=O) groups excluding carboxylic acids is 1. The van der Waals surface area contributed by atoms with Gasteiger partial charge in [-0.3, -0.25) is 9.89 Å². The third kappa shape index (κ3) is 2.62. The zero-order chi connectivity index (χ0) is 14.0. The van der Waals surface area contributed by atoms with Crippen LogP contribution in [0.2, 0.25) is 0 Å². The van der Waals surface area contributed by atoms with E-state index in [-0.39, 0.29) is 11.5 Å². The van der Waals surface area contributed by atoms with E-state index in [2.05, 4.69) is 15.5 Å². The first-order chi connectivity index (χ1) is 8.99. The molecule has 0 saturated heterocycles. The maximum absolute atomic E-state index is 12.1. The molecule has 0 bridgehead atoms. The highest BCUT2D eigenvalue weighted by Crippen LogP contribution is 2.15. The molecule has 6 heteroatoms. The molecule has 0 atom stereocenters. The molecular weight excluding hydrogens is 246 g/mol. The first kappa shape index (κ1) is 12.8. The number of carboxylic acids is 1. The Morgan fingerprint density at radius 1 is 1.32 bits per heavy atom. The molecule has 0 radical (unpaired) electrons. The molecule has 2 aromatic rings. The molecule has 1 aromatic carbocycles. The number of carboxylic acid groups (broad SMARTS) is 1. The van der Waals surface area contributed by atoms with Gasteiger partial charge in [0.1, 0.15) is 0 Å². The van der Waals surface area contributed by atoms with Gasteiger partial charge in [0.25, 0.3) is 5.91 Å². The summed E-state index contributed by atoms with van der Waals surface area (Å²) in [5.41, 5.74) is 2.30. The molecule has 0 spiro atoms. The van der Waals surface area contributed by atoms with Gasteiger partial charge in [-0.25, -0.2) is 4.79 Å². The van der Waals surface area contributed by atoms with Crippen molar-refractivity contribution in [1.82, 2.24) is 10.2 Å². The number of amides is 1. The fourth-order valence-corrected chi connectivity index (χ4v) is 1.81. The van der Waals surface area contributed by atoms with E-state index in [1.807, 2.05) is 0 Å². The quantitative estimate of drug-likeness (QED) is 0.785. The summed E-state index contributed by atoms with van der Waals surface area (Å²) in [6.45, 7) is 3.48. The molecule has 1 aromatic heterocycles. The number of rotatable bonds is 3. The fourth-order valence-electron chi connectivity index (χ4n) is 1.81. The van der Waals surface area contributed by atoms with Crippen molar-refractivity contribution in [1.29, 1.82) is 0 Å². The Hall–Kier alpha value is -2.63. The van der Waals surface area contributed by atoms with Gasteiger partial charge in [0.05, 0.1) is 16.8 Å². The van der Waals surface area contributed by atoms with E-state index in [1.54, 1.807) is 26.0 Å². The van der Waals surface area contributed by atoms with Crippen molar-refractivity contribution in [2.24, 2.45) is 0 Å². The minimum absolute atomic E-state index is 0.124. The van der Waals surface area contributed by atoms with Crippen LogP contribution >= 0.6 is 0 Å². The number of aromatic amines is 1. The number of benzene rings is 1. The number of aromatic carboxylic acids is 1. The average molecular weight is 259 g/mol. The van der Waals surface area contributed by atoms with E-state index in [1.165, 1.54) is 12.1 Å². The minimum atomic E-state index is -1.04. The van der Waals surface area contributed by atoms with Crippen LogP contribution in [0.3, 0.4) is 0 Å². The number of anilines is 1. The van der Waals surface area contributed by atoms with Crippen molar-refractivity contribution in [3.8, 4) is 0 Å². The van der Waals surface area contributed by atoms with Gasteiger partial charge in [0.15, 0.2) is 0 Å². The fraction of sp³-hybridized carbons (Fsp3) is 0.154. The Morgan fingerprint density at radius 3 is 2.63 bits per heavy atom. The van der Waals surface area contributed by atoms with Gasteiger partial charge in [-0.2, -0.15) is 5.10 Å². The topological polar surface area (TPSA) is 95.1 Å². The highest BCUT2D eigenvalue weighted by atomic mass is 16.4. The standard InChI is InChI=1S/C13H13N3O3/c1-7-11(8(2)16-15-7)12(17)14-10-5-3-4-9(6-10)13(18)19/h3-6H,1-2H3,(H,14,17)(H,15,16)(H,18,19). The van der Waals surface area contributed by atoms with Crippen LogP contribution in [0.4, 0.5) is 5.69 Å². The van der Waals surface area contributed by atoms with Crippen LogP contribution in [0.15, 0.2) is 24.3 Å². The van der Waals surface area contributed by atoms with Crippen LogP contribution in [-0.2, 0) is 0 Å². The number of carbonyl (C=O) groups is 2. The first-order valence-electron chi connectivity index (χ1n) is 5.65. The summed E-state index contributed by atoms with van der Waals surface area (Å²) in [7, 11) is 0. The second-order valence-corrected chi connectivity index (χ2v) is 4.15. The number of H-pyrrole nitrogens is 1. The van der Waals surface area contributed by atoms with Crippen LogP contribution in [0.1, 0.15) is 32.1 Å². The van der Waals surface area contributed by atoms with Crippen molar-refractivity contribution in [2.75, 3.05) is 5.32 Å². The van der Waals surface area contributed by atoms with Crippen molar-refractivity contribution in [3.63, 3.8) is 0 Å². The maximum atomic E-state index is 12.1. The van der Waals surface area contributed by atoms with E-state index >= 15 is 0 Å². The lowest BCUT2D eigenvalue weighted by Gasteiger charge is -2.06. The molecule has 98 valence electrons. The lowest BCUT2D eigenvalue weighted by Crippen LogP contribution is -2.14. The van der Waals surface area contributed by atoms with Gasteiger partial charge in [0.2, 0.25) is 0 Å². The smallest absolute Gasteiger partial charge is 0.335 e. The molecule has 1 heterocycles. The summed E-state index contributed by atoms with van der Waals surface area (Å²) >= 11 is 0. The maximum Gasteiger partial charge on any atom is 0.335 e. The molecule has 2 rings (SSSR count). The minimum Gasteiger partial charge on any atom is -0.478 e. The molecule has 0 aliphatic heterocycles. The number of nitrogens with zero attached hydrogens (tertiary/aromatic N) is 1. The normalized spacial score (nSPS) is 10.2. The second-order valence-electron chi connectivity index (χ2n) is 4.15. The number of aryl methyl sites for hydroxylation is 2. The van der Waals surface area contributed by atoms with Gasteiger partial charge in [0, 0.05) is 11.4 Å². The van der Waals surface area contributed by atoms with E-state index in [0.717, 1.165) is 0 Å². The predicted octanol–water partition coefficient (Wildman–Crippen LogP) is 1.98. The SMILES string of the molecule is Cc1n[nH]c(C)c1C(=O)Nc1cccc(C(=O)O)c1. The van der Waals surface area contributed by atoms with Crippen LogP contribution < -0.4 is 5.32 Å². The summed E-state index contributed by atoms with van der Waals surface area (Å²) in [6, 6.07) is 6.08. The van der Waals surface area contributed by atoms with E-state index in [9.17, 15) is 9.59 Å². The Kier molecular flexibility index (Phi) is 3.33. The molecule has 0 saturated carbocycles. The number of hydrogen-bond donors (Lipinski definition) is 3. The molecule has 0 unspecified atom stereocenters. The van der Waals surface area contributed by atoms with Gasteiger partial charge in [-0.15, -0.1) is 0 Å². The first-order valence-corrected chi connectivity index (χ1v) is 5.65. The molecule has 0 aliphatic carbocycles. The van der Waals surface area contributed by atoms with Crippen LogP contribution in [-0.4, -0.2) is 27.2 Å². The third-order valence-electron chi connectivity index (χ3n) is 2.72. The lowest BCUT2D eigenvalue weighted by molar-refractivity contribution is 0.0696. The van der Waals surface area contributed by atoms with Crippen molar-refractivity contribution in [2.45, 2.75) is 13.8 Å². The lowest BCUT2D eigenvalue weighted by atomic mass is 10.1. The number of hydrogen-bond acceptors (Lipinski definition) is 3. The number of aromatic nitrogens is 2. The van der Waals surface area contributed by atoms with Crippen LogP contribution in [0.5, 0.6) is 0 Å². The van der Waals surface area contributed by atoms with Gasteiger partial charge in [-0.05, 0) is 32.0 Å². The Balaban J connectivity index is 2.24. The molecule has 0 fully saturated rings. The van der Waals surface area contributed by atoms with Crippen molar-refractivity contribution in [3.05, 3.63) is 46.8 Å². The predicted molar refractivity (Wildman–Crippen MR) is 69.4 cm³/mol. The summed E-state index contributed by atoms with van der Waals surface area (Å²) in [6.07, 6.45) is 0. The van der Waals surface area contributed by atoms with Crippen LogP contribution in [0, 0.1) is 13.8 Å². The number of nitrogens with one attached hydrogen (secondary N) is 2. The summed E-state index contributed by atoms with van der Waals surface area (Å²) in [5, 5.41) is 18.2. The third-order valence-corrected chi connectivity index (χ3v) is 2.72. The van der Waals surface area contributed by atoms with Gasteiger partial charge in [-0.1, -0.05) is 6.07 Å². The molecule has 6 nitrogen and oxygen atoms in total. The highest BCUT2D eigenvalue weighted by Gasteiger charge is 2.15. The average Bonchev–Trinajstić information content (AvgIpc) is 2.69. The largest absolute Gasteiger partial charge is 0.478 e. The Labute approximate surface area is 109 Å². The van der Waals surface area contributed by atoms with Crippen LogP contribution in [0.25, 0.3) is 0 Å².